The Bertz CT molecular complexity index is 1100. The summed E-state index contributed by atoms with van der Waals surface area (Å²) in [5.74, 6) is 2.44. The summed E-state index contributed by atoms with van der Waals surface area (Å²) in [6, 6.07) is 19.1. The maximum atomic E-state index is 12.4. The van der Waals surface area contributed by atoms with E-state index in [-0.39, 0.29) is 5.78 Å². The lowest BCUT2D eigenvalue weighted by molar-refractivity contribution is 0.104. The van der Waals surface area contributed by atoms with E-state index in [1.165, 1.54) is 11.6 Å². The number of nitrogens with one attached hydrogen (secondary N) is 1. The Morgan fingerprint density at radius 3 is 2.15 bits per heavy atom. The number of hydrogen-bond donors (Lipinski definition) is 1. The zero-order chi connectivity index (χ0) is 23.6. The van der Waals surface area contributed by atoms with Crippen LogP contribution in [0.15, 0.2) is 72.9 Å². The Hall–Kier alpha value is -3.93. The van der Waals surface area contributed by atoms with Crippen molar-refractivity contribution in [3.63, 3.8) is 0 Å². The van der Waals surface area contributed by atoms with Crippen LogP contribution in [-0.2, 0) is 12.8 Å². The molecule has 0 aliphatic rings. The molecule has 0 saturated carbocycles. The third-order valence-electron chi connectivity index (χ3n) is 5.19. The molecule has 33 heavy (non-hydrogen) atoms. The van der Waals surface area contributed by atoms with E-state index in [1.54, 1.807) is 52.8 Å². The van der Waals surface area contributed by atoms with E-state index in [1.807, 2.05) is 30.3 Å². The molecule has 0 heterocycles. The molecule has 0 unspecified atom stereocenters. The van der Waals surface area contributed by atoms with Crippen molar-refractivity contribution in [2.75, 3.05) is 33.8 Å². The molecule has 0 aliphatic carbocycles. The molecule has 0 saturated heterocycles. The molecule has 172 valence electrons. The fourth-order valence-electron chi connectivity index (χ4n) is 3.47. The van der Waals surface area contributed by atoms with Gasteiger partial charge in [0.15, 0.2) is 17.3 Å². The number of ketones is 1. The highest BCUT2D eigenvalue weighted by atomic mass is 16.5. The minimum absolute atomic E-state index is 0.0973. The molecular weight excluding hydrogens is 418 g/mol. The Labute approximate surface area is 194 Å². The first-order valence-electron chi connectivity index (χ1n) is 10.6. The number of aryl methyl sites for hydroxylation is 2. The maximum absolute atomic E-state index is 12.4. The standard InChI is InChI=1S/C27H29NO5/c1-30-23-10-6-8-21(18-23)24(29)13-14-28-22-9-5-7-19(15-22)11-12-20-16-25(31-2)27(33-4)26(17-20)32-3/h5-10,13-18,28H,11-12H2,1-4H3/b14-13-. The summed E-state index contributed by atoms with van der Waals surface area (Å²) in [6.07, 6.45) is 4.81. The van der Waals surface area contributed by atoms with E-state index in [0.29, 0.717) is 28.6 Å². The summed E-state index contributed by atoms with van der Waals surface area (Å²) >= 11 is 0. The van der Waals surface area contributed by atoms with Gasteiger partial charge in [-0.1, -0.05) is 24.3 Å². The second kappa shape index (κ2) is 11.6. The number of hydrogen-bond acceptors (Lipinski definition) is 6. The van der Waals surface area contributed by atoms with Crippen molar-refractivity contribution in [2.45, 2.75) is 12.8 Å². The van der Waals surface area contributed by atoms with Gasteiger partial charge in [0.1, 0.15) is 5.75 Å². The van der Waals surface area contributed by atoms with E-state index >= 15 is 0 Å². The first-order valence-corrected chi connectivity index (χ1v) is 10.6. The molecule has 3 aromatic rings. The predicted molar refractivity (Wildman–Crippen MR) is 130 cm³/mol. The van der Waals surface area contributed by atoms with Crippen LogP contribution in [0.25, 0.3) is 0 Å². The molecule has 0 spiro atoms. The molecule has 1 N–H and O–H groups in total. The van der Waals surface area contributed by atoms with Crippen molar-refractivity contribution >= 4 is 11.5 Å². The molecule has 0 fully saturated rings. The second-order valence-corrected chi connectivity index (χ2v) is 7.31. The number of benzene rings is 3. The van der Waals surface area contributed by atoms with Gasteiger partial charge in [0.2, 0.25) is 5.75 Å². The van der Waals surface area contributed by atoms with Crippen molar-refractivity contribution in [1.29, 1.82) is 0 Å². The van der Waals surface area contributed by atoms with Gasteiger partial charge in [0, 0.05) is 23.5 Å². The van der Waals surface area contributed by atoms with Crippen LogP contribution in [0.5, 0.6) is 23.0 Å². The average molecular weight is 448 g/mol. The van der Waals surface area contributed by atoms with Crippen LogP contribution in [0.4, 0.5) is 5.69 Å². The Morgan fingerprint density at radius 1 is 0.788 bits per heavy atom. The van der Waals surface area contributed by atoms with Crippen molar-refractivity contribution < 1.29 is 23.7 Å². The largest absolute Gasteiger partial charge is 0.497 e. The lowest BCUT2D eigenvalue weighted by Gasteiger charge is -2.14. The summed E-state index contributed by atoms with van der Waals surface area (Å²) in [4.78, 5) is 12.4. The van der Waals surface area contributed by atoms with Gasteiger partial charge < -0.3 is 24.3 Å². The number of methoxy groups -OCH3 is 4. The van der Waals surface area contributed by atoms with Gasteiger partial charge in [-0.3, -0.25) is 4.79 Å². The van der Waals surface area contributed by atoms with Crippen molar-refractivity contribution in [3.05, 3.63) is 89.6 Å². The summed E-state index contributed by atoms with van der Waals surface area (Å²) in [5, 5.41) is 3.17. The molecule has 0 radical (unpaired) electrons. The molecule has 0 aliphatic heterocycles. The van der Waals surface area contributed by atoms with E-state index in [9.17, 15) is 4.79 Å². The lowest BCUT2D eigenvalue weighted by Crippen LogP contribution is -1.99. The van der Waals surface area contributed by atoms with Gasteiger partial charge in [-0.05, 0) is 60.4 Å². The SMILES string of the molecule is COc1cccc(C(=O)/C=C\Nc2cccc(CCc3cc(OC)c(OC)c(OC)c3)c2)c1. The first kappa shape index (κ1) is 23.7. The number of rotatable bonds is 11. The van der Waals surface area contributed by atoms with Crippen LogP contribution in [-0.4, -0.2) is 34.2 Å². The molecular formula is C27H29NO5. The van der Waals surface area contributed by atoms with Gasteiger partial charge in [-0.2, -0.15) is 0 Å². The van der Waals surface area contributed by atoms with Gasteiger partial charge in [-0.15, -0.1) is 0 Å². The number of anilines is 1. The monoisotopic (exact) mass is 447 g/mol. The van der Waals surface area contributed by atoms with E-state index in [0.717, 1.165) is 24.1 Å². The summed E-state index contributed by atoms with van der Waals surface area (Å²) in [7, 11) is 6.40. The van der Waals surface area contributed by atoms with Crippen LogP contribution >= 0.6 is 0 Å². The molecule has 0 bridgehead atoms. The second-order valence-electron chi connectivity index (χ2n) is 7.31. The van der Waals surface area contributed by atoms with Gasteiger partial charge >= 0.3 is 0 Å². The van der Waals surface area contributed by atoms with Crippen LogP contribution in [0.2, 0.25) is 0 Å². The predicted octanol–water partition coefficient (Wildman–Crippen LogP) is 5.31. The van der Waals surface area contributed by atoms with E-state index in [2.05, 4.69) is 17.4 Å². The molecule has 6 nitrogen and oxygen atoms in total. The molecule has 0 aromatic heterocycles. The van der Waals surface area contributed by atoms with Gasteiger partial charge in [-0.25, -0.2) is 0 Å². The summed E-state index contributed by atoms with van der Waals surface area (Å²) < 4.78 is 21.4. The zero-order valence-electron chi connectivity index (χ0n) is 19.4. The van der Waals surface area contributed by atoms with Crippen molar-refractivity contribution in [1.82, 2.24) is 0 Å². The average Bonchev–Trinajstić information content (AvgIpc) is 2.86. The fraction of sp³-hybridized carbons (Fsp3) is 0.222. The van der Waals surface area contributed by atoms with Gasteiger partial charge in [0.05, 0.1) is 28.4 Å². The first-order chi connectivity index (χ1) is 16.1. The Balaban J connectivity index is 1.63. The number of carbonyl (C=O) groups is 1. The normalized spacial score (nSPS) is 10.7. The highest BCUT2D eigenvalue weighted by Gasteiger charge is 2.13. The highest BCUT2D eigenvalue weighted by molar-refractivity contribution is 6.04. The quantitative estimate of drug-likeness (QED) is 0.317. The highest BCUT2D eigenvalue weighted by Crippen LogP contribution is 2.38. The van der Waals surface area contributed by atoms with Crippen molar-refractivity contribution in [2.24, 2.45) is 0 Å². The Kier molecular flexibility index (Phi) is 8.36. The Morgan fingerprint density at radius 2 is 1.48 bits per heavy atom. The number of carbonyl (C=O) groups excluding carboxylic acids is 1. The number of allylic oxidation sites excluding steroid dienone is 1. The van der Waals surface area contributed by atoms with Crippen LogP contribution in [0, 0.1) is 0 Å². The number of ether oxygens (including phenoxy) is 4. The summed E-state index contributed by atoms with van der Waals surface area (Å²) in [6.45, 7) is 0. The smallest absolute Gasteiger partial charge is 0.203 e. The van der Waals surface area contributed by atoms with E-state index in [4.69, 9.17) is 18.9 Å². The maximum Gasteiger partial charge on any atom is 0.203 e. The third kappa shape index (κ3) is 6.29. The van der Waals surface area contributed by atoms with Gasteiger partial charge in [0.25, 0.3) is 0 Å². The van der Waals surface area contributed by atoms with Crippen LogP contribution in [0.3, 0.4) is 0 Å². The topological polar surface area (TPSA) is 66.0 Å². The molecule has 3 aromatic carbocycles. The van der Waals surface area contributed by atoms with E-state index < -0.39 is 0 Å². The lowest BCUT2D eigenvalue weighted by atomic mass is 10.0. The van der Waals surface area contributed by atoms with Crippen molar-refractivity contribution in [3.8, 4) is 23.0 Å². The summed E-state index contributed by atoms with van der Waals surface area (Å²) in [5.41, 5.74) is 3.74. The zero-order valence-corrected chi connectivity index (χ0v) is 19.4. The van der Waals surface area contributed by atoms with Crippen LogP contribution < -0.4 is 24.3 Å². The molecule has 6 heteroatoms. The molecule has 3 rings (SSSR count). The fourth-order valence-corrected chi connectivity index (χ4v) is 3.47. The molecule has 0 atom stereocenters. The minimum atomic E-state index is -0.0973. The van der Waals surface area contributed by atoms with Crippen LogP contribution in [0.1, 0.15) is 21.5 Å². The third-order valence-corrected chi connectivity index (χ3v) is 5.19. The molecule has 0 amide bonds. The minimum Gasteiger partial charge on any atom is -0.497 e.